The van der Waals surface area contributed by atoms with Crippen LogP contribution in [0.3, 0.4) is 0 Å². The summed E-state index contributed by atoms with van der Waals surface area (Å²) in [4.78, 5) is 2.34. The Hall–Kier alpha value is -0.550. The van der Waals surface area contributed by atoms with Gasteiger partial charge in [0.05, 0.1) is 6.07 Å². The molecule has 11 heavy (non-hydrogen) atoms. The van der Waals surface area contributed by atoms with Crippen LogP contribution in [-0.2, 0) is 0 Å². The van der Waals surface area contributed by atoms with Crippen molar-refractivity contribution in [3.8, 4) is 6.07 Å². The molecule has 1 rings (SSSR count). The Morgan fingerprint density at radius 1 is 1.55 bits per heavy atom. The van der Waals surface area contributed by atoms with Crippen LogP contribution >= 0.6 is 0 Å². The highest BCUT2D eigenvalue weighted by molar-refractivity contribution is 4.76. The van der Waals surface area contributed by atoms with E-state index in [9.17, 15) is 0 Å². The Morgan fingerprint density at radius 2 is 2.27 bits per heavy atom. The molecular formula is C9H16N2. The molecule has 0 atom stereocenters. The maximum atomic E-state index is 8.30. The van der Waals surface area contributed by atoms with Crippen LogP contribution in [0.25, 0.3) is 0 Å². The first kappa shape index (κ1) is 8.55. The van der Waals surface area contributed by atoms with Gasteiger partial charge in [-0.15, -0.1) is 0 Å². The minimum atomic E-state index is 0.703. The summed E-state index contributed by atoms with van der Waals surface area (Å²) in [5.74, 6) is 0.974. The maximum absolute atomic E-state index is 8.30. The van der Waals surface area contributed by atoms with E-state index in [1.807, 2.05) is 0 Å². The molecule has 0 N–H and O–H groups in total. The SMILES string of the molecule is CN(CCCC#N)CC1CC1. The number of nitriles is 1. The van der Waals surface area contributed by atoms with Crippen LogP contribution in [0.4, 0.5) is 0 Å². The number of hydrogen-bond donors (Lipinski definition) is 0. The Balaban J connectivity index is 1.92. The summed E-state index contributed by atoms with van der Waals surface area (Å²) in [5.41, 5.74) is 0. The predicted molar refractivity (Wildman–Crippen MR) is 45.1 cm³/mol. The standard InChI is InChI=1S/C9H16N2/c1-11(7-3-2-6-10)8-9-4-5-9/h9H,2-5,7-8H2,1H3. The third-order valence-electron chi connectivity index (χ3n) is 2.10. The van der Waals surface area contributed by atoms with Gasteiger partial charge in [-0.3, -0.25) is 0 Å². The lowest BCUT2D eigenvalue weighted by atomic mass is 10.3. The number of hydrogen-bond acceptors (Lipinski definition) is 2. The summed E-state index contributed by atoms with van der Waals surface area (Å²) in [6, 6.07) is 2.17. The van der Waals surface area contributed by atoms with E-state index in [1.54, 1.807) is 0 Å². The molecule has 1 aliphatic carbocycles. The Morgan fingerprint density at radius 3 is 2.82 bits per heavy atom. The van der Waals surface area contributed by atoms with Crippen LogP contribution < -0.4 is 0 Å². The zero-order chi connectivity index (χ0) is 8.10. The van der Waals surface area contributed by atoms with E-state index in [0.29, 0.717) is 6.42 Å². The molecule has 0 unspecified atom stereocenters. The lowest BCUT2D eigenvalue weighted by molar-refractivity contribution is 0.317. The van der Waals surface area contributed by atoms with Gasteiger partial charge in [-0.05, 0) is 38.8 Å². The van der Waals surface area contributed by atoms with E-state index in [0.717, 1.165) is 18.9 Å². The summed E-state index contributed by atoms with van der Waals surface area (Å²) in [7, 11) is 2.15. The van der Waals surface area contributed by atoms with Crippen LogP contribution in [-0.4, -0.2) is 25.0 Å². The van der Waals surface area contributed by atoms with E-state index in [-0.39, 0.29) is 0 Å². The van der Waals surface area contributed by atoms with Crippen LogP contribution in [0.15, 0.2) is 0 Å². The third kappa shape index (κ3) is 4.00. The summed E-state index contributed by atoms with van der Waals surface area (Å²) >= 11 is 0. The molecule has 1 aliphatic rings. The smallest absolute Gasteiger partial charge is 0.0622 e. The lowest BCUT2D eigenvalue weighted by Gasteiger charge is -2.14. The minimum Gasteiger partial charge on any atom is -0.306 e. The fourth-order valence-corrected chi connectivity index (χ4v) is 1.26. The normalized spacial score (nSPS) is 16.8. The van der Waals surface area contributed by atoms with Crippen molar-refractivity contribution < 1.29 is 0 Å². The molecule has 0 aromatic carbocycles. The van der Waals surface area contributed by atoms with Gasteiger partial charge in [-0.25, -0.2) is 0 Å². The molecule has 0 aliphatic heterocycles. The number of unbranched alkanes of at least 4 members (excludes halogenated alkanes) is 1. The van der Waals surface area contributed by atoms with Gasteiger partial charge in [-0.1, -0.05) is 0 Å². The van der Waals surface area contributed by atoms with Gasteiger partial charge in [0.2, 0.25) is 0 Å². The highest BCUT2D eigenvalue weighted by Gasteiger charge is 2.22. The largest absolute Gasteiger partial charge is 0.306 e. The summed E-state index contributed by atoms with van der Waals surface area (Å²) < 4.78 is 0. The fourth-order valence-electron chi connectivity index (χ4n) is 1.26. The van der Waals surface area contributed by atoms with Gasteiger partial charge in [0.15, 0.2) is 0 Å². The van der Waals surface area contributed by atoms with E-state index in [2.05, 4.69) is 18.0 Å². The average Bonchev–Trinajstić information content (AvgIpc) is 2.72. The van der Waals surface area contributed by atoms with Crippen molar-refractivity contribution in [1.82, 2.24) is 4.90 Å². The molecule has 62 valence electrons. The van der Waals surface area contributed by atoms with Gasteiger partial charge in [0, 0.05) is 13.0 Å². The monoisotopic (exact) mass is 152 g/mol. The van der Waals surface area contributed by atoms with Crippen molar-refractivity contribution in [2.75, 3.05) is 20.1 Å². The molecule has 1 fully saturated rings. The molecule has 0 saturated heterocycles. The van der Waals surface area contributed by atoms with Crippen molar-refractivity contribution in [2.24, 2.45) is 5.92 Å². The molecule has 0 amide bonds. The van der Waals surface area contributed by atoms with Gasteiger partial charge in [0.25, 0.3) is 0 Å². The second-order valence-corrected chi connectivity index (χ2v) is 3.47. The quantitative estimate of drug-likeness (QED) is 0.560. The van der Waals surface area contributed by atoms with E-state index in [1.165, 1.54) is 19.4 Å². The van der Waals surface area contributed by atoms with Crippen molar-refractivity contribution >= 4 is 0 Å². The van der Waals surface area contributed by atoms with E-state index < -0.39 is 0 Å². The zero-order valence-corrected chi connectivity index (χ0v) is 7.21. The van der Waals surface area contributed by atoms with Gasteiger partial charge >= 0.3 is 0 Å². The third-order valence-corrected chi connectivity index (χ3v) is 2.10. The second-order valence-electron chi connectivity index (χ2n) is 3.47. The topological polar surface area (TPSA) is 27.0 Å². The molecule has 0 spiro atoms. The van der Waals surface area contributed by atoms with Crippen molar-refractivity contribution in [1.29, 1.82) is 5.26 Å². The van der Waals surface area contributed by atoms with E-state index >= 15 is 0 Å². The summed E-state index contributed by atoms with van der Waals surface area (Å²) in [6.45, 7) is 2.33. The maximum Gasteiger partial charge on any atom is 0.0622 e. The Kier molecular flexibility index (Phi) is 3.38. The van der Waals surface area contributed by atoms with Gasteiger partial charge in [0.1, 0.15) is 0 Å². The number of rotatable bonds is 5. The molecule has 2 nitrogen and oxygen atoms in total. The molecule has 0 aromatic rings. The fraction of sp³-hybridized carbons (Fsp3) is 0.889. The average molecular weight is 152 g/mol. The first-order valence-corrected chi connectivity index (χ1v) is 4.38. The highest BCUT2D eigenvalue weighted by Crippen LogP contribution is 2.29. The lowest BCUT2D eigenvalue weighted by Crippen LogP contribution is -2.21. The van der Waals surface area contributed by atoms with Crippen LogP contribution in [0.2, 0.25) is 0 Å². The van der Waals surface area contributed by atoms with Crippen molar-refractivity contribution in [3.05, 3.63) is 0 Å². The first-order valence-electron chi connectivity index (χ1n) is 4.38. The van der Waals surface area contributed by atoms with Crippen LogP contribution in [0.1, 0.15) is 25.7 Å². The van der Waals surface area contributed by atoms with Crippen LogP contribution in [0, 0.1) is 17.2 Å². The molecule has 0 aromatic heterocycles. The van der Waals surface area contributed by atoms with E-state index in [4.69, 9.17) is 5.26 Å². The second kappa shape index (κ2) is 4.35. The van der Waals surface area contributed by atoms with Crippen molar-refractivity contribution in [2.45, 2.75) is 25.7 Å². The predicted octanol–water partition coefficient (Wildman–Crippen LogP) is 1.63. The summed E-state index contributed by atoms with van der Waals surface area (Å²) in [5, 5.41) is 8.30. The highest BCUT2D eigenvalue weighted by atomic mass is 15.1. The minimum absolute atomic E-state index is 0.703. The molecule has 2 heteroatoms. The van der Waals surface area contributed by atoms with Crippen molar-refractivity contribution in [3.63, 3.8) is 0 Å². The first-order chi connectivity index (χ1) is 5.33. The molecule has 0 bridgehead atoms. The van der Waals surface area contributed by atoms with Gasteiger partial charge < -0.3 is 4.90 Å². The number of nitrogens with zero attached hydrogens (tertiary/aromatic N) is 2. The molecule has 0 heterocycles. The summed E-state index contributed by atoms with van der Waals surface area (Å²) in [6.07, 6.45) is 4.57. The zero-order valence-electron chi connectivity index (χ0n) is 7.21. The molecule has 1 saturated carbocycles. The molecule has 0 radical (unpaired) electrons. The van der Waals surface area contributed by atoms with Crippen LogP contribution in [0.5, 0.6) is 0 Å². The Bertz CT molecular complexity index is 144. The molecular weight excluding hydrogens is 136 g/mol. The Labute approximate surface area is 68.8 Å². The van der Waals surface area contributed by atoms with Gasteiger partial charge in [-0.2, -0.15) is 5.26 Å².